The molecule has 0 bridgehead atoms. The molecule has 0 fully saturated rings. The molecule has 11 nitrogen and oxygen atoms in total. The summed E-state index contributed by atoms with van der Waals surface area (Å²) in [5.74, 6) is 0.348. The van der Waals surface area contributed by atoms with Crippen LogP contribution in [0.4, 0.5) is 0 Å². The number of halogens is 1. The maximum absolute atomic E-state index is 11.0. The van der Waals surface area contributed by atoms with Crippen molar-refractivity contribution >= 4 is 17.6 Å². The van der Waals surface area contributed by atoms with Gasteiger partial charge in [0.25, 0.3) is 0 Å². The molecule has 0 saturated carbocycles. The summed E-state index contributed by atoms with van der Waals surface area (Å²) in [7, 11) is 0. The summed E-state index contributed by atoms with van der Waals surface area (Å²) < 4.78 is 18.2. The molecule has 0 amide bonds. The Morgan fingerprint density at radius 3 is 2.14 bits per heavy atom. The first-order valence-electron chi connectivity index (χ1n) is 18.3. The quantitative estimate of drug-likeness (QED) is 0.0578. The minimum absolute atomic E-state index is 0.0333. The second-order valence-electron chi connectivity index (χ2n) is 13.0. The van der Waals surface area contributed by atoms with Crippen LogP contribution in [0, 0.1) is 36.5 Å². The number of ether oxygens (including phenoxy) is 3. The fourth-order valence-electron chi connectivity index (χ4n) is 6.18. The predicted octanol–water partition coefficient (Wildman–Crippen LogP) is 7.50. The molecule has 0 unspecified atom stereocenters. The maximum Gasteiger partial charge on any atom is 0.303 e. The first kappa shape index (κ1) is 41.2. The molecule has 0 saturated heterocycles. The van der Waals surface area contributed by atoms with E-state index in [0.29, 0.717) is 61.5 Å². The van der Waals surface area contributed by atoms with Gasteiger partial charge in [-0.05, 0) is 108 Å². The zero-order valence-electron chi connectivity index (χ0n) is 31.4. The van der Waals surface area contributed by atoms with Crippen molar-refractivity contribution in [3.05, 3.63) is 129 Å². The van der Waals surface area contributed by atoms with Gasteiger partial charge < -0.3 is 35.1 Å². The van der Waals surface area contributed by atoms with Crippen LogP contribution in [-0.4, -0.2) is 54.0 Å². The average Bonchev–Trinajstić information content (AvgIpc) is 3.20. The molecule has 4 aromatic carbocycles. The van der Waals surface area contributed by atoms with Crippen LogP contribution in [-0.2, 0) is 24.6 Å². The topological polar surface area (TPSA) is 170 Å². The highest BCUT2D eigenvalue weighted by atomic mass is 35.5. The minimum atomic E-state index is -0.865. The van der Waals surface area contributed by atoms with E-state index in [4.69, 9.17) is 36.0 Å². The third-order valence-corrected chi connectivity index (χ3v) is 9.38. The van der Waals surface area contributed by atoms with Gasteiger partial charge in [-0.3, -0.25) is 4.79 Å². The molecule has 0 aliphatic heterocycles. The van der Waals surface area contributed by atoms with E-state index < -0.39 is 5.97 Å². The molecule has 56 heavy (non-hydrogen) atoms. The second-order valence-corrected chi connectivity index (χ2v) is 13.5. The molecule has 0 atom stereocenters. The number of rotatable bonds is 20. The van der Waals surface area contributed by atoms with Crippen LogP contribution in [0.3, 0.4) is 0 Å². The van der Waals surface area contributed by atoms with Crippen LogP contribution < -0.4 is 24.8 Å². The molecule has 288 valence electrons. The third kappa shape index (κ3) is 11.3. The molecule has 0 aliphatic carbocycles. The van der Waals surface area contributed by atoms with Gasteiger partial charge in [0.1, 0.15) is 30.6 Å². The molecular weight excluding hydrogens is 730 g/mol. The van der Waals surface area contributed by atoms with Crippen LogP contribution >= 0.6 is 11.6 Å². The molecule has 4 N–H and O–H groups in total. The molecule has 0 aliphatic rings. The number of carbonyl (C=O) groups is 1. The first-order chi connectivity index (χ1) is 27.2. The molecular formula is C44H44ClN5O6. The number of pyridine rings is 1. The number of nitrogens with one attached hydrogen (secondary N) is 2. The average molecular weight is 774 g/mol. The molecule has 5 aromatic rings. The lowest BCUT2D eigenvalue weighted by Crippen LogP contribution is -2.23. The van der Waals surface area contributed by atoms with Crippen molar-refractivity contribution in [2.45, 2.75) is 46.4 Å². The fraction of sp³-hybridized carbons (Fsp3) is 0.273. The highest BCUT2D eigenvalue weighted by Crippen LogP contribution is 2.36. The van der Waals surface area contributed by atoms with Gasteiger partial charge in [0.15, 0.2) is 0 Å². The van der Waals surface area contributed by atoms with Gasteiger partial charge in [-0.15, -0.1) is 0 Å². The van der Waals surface area contributed by atoms with Gasteiger partial charge in [0, 0.05) is 31.6 Å². The van der Waals surface area contributed by atoms with Crippen LogP contribution in [0.1, 0.15) is 51.8 Å². The van der Waals surface area contributed by atoms with Gasteiger partial charge in [0.2, 0.25) is 11.8 Å². The summed E-state index contributed by atoms with van der Waals surface area (Å²) in [5, 5.41) is 43.4. The van der Waals surface area contributed by atoms with Crippen LogP contribution in [0.15, 0.2) is 84.9 Å². The second kappa shape index (κ2) is 20.7. The summed E-state index contributed by atoms with van der Waals surface area (Å²) in [5.41, 5.74) is 9.44. The van der Waals surface area contributed by atoms with Gasteiger partial charge in [-0.25, -0.2) is 0 Å². The number of aliphatic hydroxyl groups is 1. The van der Waals surface area contributed by atoms with Crippen LogP contribution in [0.5, 0.6) is 17.5 Å². The summed E-state index contributed by atoms with van der Waals surface area (Å²) in [6, 6.07) is 31.1. The van der Waals surface area contributed by atoms with Crippen molar-refractivity contribution < 1.29 is 29.2 Å². The number of hydrogen-bond acceptors (Lipinski definition) is 10. The van der Waals surface area contributed by atoms with Crippen molar-refractivity contribution in [3.63, 3.8) is 0 Å². The van der Waals surface area contributed by atoms with Crippen molar-refractivity contribution in [2.75, 3.05) is 32.8 Å². The van der Waals surface area contributed by atoms with E-state index in [2.05, 4.69) is 78.0 Å². The summed E-state index contributed by atoms with van der Waals surface area (Å²) in [6.07, 6.45) is 0.489. The van der Waals surface area contributed by atoms with Crippen molar-refractivity contribution in [3.8, 4) is 51.9 Å². The predicted molar refractivity (Wildman–Crippen MR) is 215 cm³/mol. The lowest BCUT2D eigenvalue weighted by molar-refractivity contribution is -0.137. The number of benzene rings is 4. The Balaban J connectivity index is 1.34. The number of carboxylic acid groups (broad SMARTS) is 1. The normalized spacial score (nSPS) is 10.8. The lowest BCUT2D eigenvalue weighted by atomic mass is 9.89. The Kier molecular flexibility index (Phi) is 15.2. The van der Waals surface area contributed by atoms with Gasteiger partial charge >= 0.3 is 5.97 Å². The molecule has 0 radical (unpaired) electrons. The number of nitrogens with zero attached hydrogens (tertiary/aromatic N) is 3. The Hall–Kier alpha value is -5.95. The highest BCUT2D eigenvalue weighted by molar-refractivity contribution is 6.31. The van der Waals surface area contributed by atoms with Crippen molar-refractivity contribution in [1.29, 1.82) is 10.5 Å². The monoisotopic (exact) mass is 773 g/mol. The van der Waals surface area contributed by atoms with Gasteiger partial charge in [-0.2, -0.15) is 15.5 Å². The molecule has 0 spiro atoms. The summed E-state index contributed by atoms with van der Waals surface area (Å²) in [6.45, 7) is 6.97. The smallest absolute Gasteiger partial charge is 0.303 e. The highest BCUT2D eigenvalue weighted by Gasteiger charge is 2.17. The van der Waals surface area contributed by atoms with E-state index >= 15 is 0 Å². The number of aliphatic hydroxyl groups excluding tert-OH is 1. The zero-order valence-corrected chi connectivity index (χ0v) is 32.2. The van der Waals surface area contributed by atoms with E-state index in [0.717, 1.165) is 44.7 Å². The van der Waals surface area contributed by atoms with Crippen LogP contribution in [0.25, 0.3) is 22.3 Å². The van der Waals surface area contributed by atoms with E-state index in [-0.39, 0.29) is 43.0 Å². The molecule has 1 heterocycles. The SMILES string of the molecule is Cc1c(COc2nc(OCc3cc(C#N)cc(C#N)c3)c(CNCCCC(=O)O)cc2Cl)cccc1-c1cccc(-c2ccc(OCCNCCO)cc2)c1C. The fourth-order valence-corrected chi connectivity index (χ4v) is 6.41. The Morgan fingerprint density at radius 2 is 1.45 bits per heavy atom. The first-order valence-corrected chi connectivity index (χ1v) is 18.6. The summed E-state index contributed by atoms with van der Waals surface area (Å²) >= 11 is 6.72. The number of hydrogen-bond donors (Lipinski definition) is 4. The number of aromatic nitrogens is 1. The minimum Gasteiger partial charge on any atom is -0.492 e. The van der Waals surface area contributed by atoms with E-state index in [1.807, 2.05) is 24.3 Å². The zero-order chi connectivity index (χ0) is 39.9. The molecule has 1 aromatic heterocycles. The Labute approximate surface area is 332 Å². The van der Waals surface area contributed by atoms with Crippen molar-refractivity contribution in [1.82, 2.24) is 15.6 Å². The Morgan fingerprint density at radius 1 is 0.768 bits per heavy atom. The van der Waals surface area contributed by atoms with Crippen LogP contribution in [0.2, 0.25) is 5.02 Å². The number of carboxylic acids is 1. The molecule has 5 rings (SSSR count). The van der Waals surface area contributed by atoms with E-state index in [9.17, 15) is 15.3 Å². The lowest BCUT2D eigenvalue weighted by Gasteiger charge is -2.18. The Bertz CT molecular complexity index is 2180. The standard InChI is InChI=1S/C44H44ClN5O6/c1-29-35(6-3-8-39(29)40-9-4-7-38(30(40)2)34-11-13-37(14-12-34)54-19-17-48-16-18-51)28-56-44-41(45)23-36(26-49-15-5-10-42(52)53)43(50-44)55-27-33-21-31(24-46)20-32(22-33)25-47/h3-4,6-9,11-14,20-23,48-49,51H,5,10,15-19,26-28H2,1-2H3,(H,52,53). The largest absolute Gasteiger partial charge is 0.492 e. The van der Waals surface area contributed by atoms with Gasteiger partial charge in [0.05, 0.1) is 29.9 Å². The number of aliphatic carboxylic acids is 1. The van der Waals surface area contributed by atoms with E-state index in [1.54, 1.807) is 18.2 Å². The molecule has 12 heteroatoms. The van der Waals surface area contributed by atoms with Gasteiger partial charge in [-0.1, -0.05) is 60.1 Å². The van der Waals surface area contributed by atoms with Crippen molar-refractivity contribution in [2.24, 2.45) is 0 Å². The number of nitriles is 2. The van der Waals surface area contributed by atoms with E-state index in [1.165, 1.54) is 6.07 Å². The maximum atomic E-state index is 11.0. The summed E-state index contributed by atoms with van der Waals surface area (Å²) in [4.78, 5) is 15.6. The third-order valence-electron chi connectivity index (χ3n) is 9.11.